The molecule has 2 fully saturated rings. The average molecular weight is 568 g/mol. The second-order valence-corrected chi connectivity index (χ2v) is 10.4. The number of unbranched alkanes of at least 4 members (excludes halogenated alkanes) is 3. The van der Waals surface area contributed by atoms with Gasteiger partial charge < -0.3 is 19.8 Å². The molecule has 3 amide bonds. The highest BCUT2D eigenvalue weighted by Gasteiger charge is 2.59. The van der Waals surface area contributed by atoms with E-state index in [2.05, 4.69) is 9.80 Å². The number of carbonyl (C=O) groups is 3. The van der Waals surface area contributed by atoms with Gasteiger partial charge in [0, 0.05) is 39.3 Å². The summed E-state index contributed by atoms with van der Waals surface area (Å²) in [5, 5.41) is 9.48. The molecule has 214 valence electrons. The fourth-order valence-electron chi connectivity index (χ4n) is 6.15. The van der Waals surface area contributed by atoms with Crippen molar-refractivity contribution >= 4 is 36.3 Å². The second kappa shape index (κ2) is 13.2. The number of fused-ring (bicyclic) bond motifs is 1. The Hall–Kier alpha value is -3.59. The number of aliphatic carboxylic acids is 1. The molecule has 3 aliphatic rings. The molecule has 2 aromatic rings. The van der Waals surface area contributed by atoms with Crippen molar-refractivity contribution in [2.75, 3.05) is 45.8 Å². The van der Waals surface area contributed by atoms with Crippen molar-refractivity contribution in [2.45, 2.75) is 44.1 Å². The Kier molecular flexibility index (Phi) is 9.68. The van der Waals surface area contributed by atoms with Crippen LogP contribution < -0.4 is 0 Å². The molecule has 5 rings (SSSR count). The number of rotatable bonds is 11. The summed E-state index contributed by atoms with van der Waals surface area (Å²) in [5.74, 6) is -0.578. The lowest BCUT2D eigenvalue weighted by atomic mass is 9.81. The van der Waals surface area contributed by atoms with Gasteiger partial charge in [0.2, 0.25) is 0 Å². The van der Waals surface area contributed by atoms with Crippen molar-refractivity contribution in [3.63, 3.8) is 0 Å². The van der Waals surface area contributed by atoms with Gasteiger partial charge in [-0.05, 0) is 36.8 Å². The zero-order chi connectivity index (χ0) is 27.2. The monoisotopic (exact) mass is 567 g/mol. The van der Waals surface area contributed by atoms with Crippen LogP contribution in [0.4, 0.5) is 4.79 Å². The van der Waals surface area contributed by atoms with Crippen LogP contribution in [0.1, 0.15) is 49.7 Å². The molecule has 2 saturated heterocycles. The van der Waals surface area contributed by atoms with Crippen LogP contribution in [0.25, 0.3) is 0 Å². The lowest BCUT2D eigenvalue weighted by Gasteiger charge is -2.41. The molecule has 10 heteroatoms. The van der Waals surface area contributed by atoms with Crippen molar-refractivity contribution in [1.82, 2.24) is 19.6 Å². The first-order chi connectivity index (χ1) is 19.0. The number of hydrogen-bond acceptors (Lipinski definition) is 6. The Bertz CT molecular complexity index is 1170. The van der Waals surface area contributed by atoms with Crippen molar-refractivity contribution in [3.05, 3.63) is 71.8 Å². The van der Waals surface area contributed by atoms with Crippen LogP contribution in [0.3, 0.4) is 0 Å². The molecule has 0 aliphatic carbocycles. The number of hydrogen-bond donors (Lipinski definition) is 1. The number of halogens is 1. The Morgan fingerprint density at radius 2 is 1.43 bits per heavy atom. The van der Waals surface area contributed by atoms with Crippen molar-refractivity contribution in [3.8, 4) is 0 Å². The summed E-state index contributed by atoms with van der Waals surface area (Å²) < 4.78 is 0. The number of benzene rings is 2. The molecule has 0 aromatic heterocycles. The van der Waals surface area contributed by atoms with Gasteiger partial charge in [0.15, 0.2) is 11.5 Å². The number of aliphatic imine (C=N–C) groups is 1. The molecule has 0 unspecified atom stereocenters. The molecule has 40 heavy (non-hydrogen) atoms. The first-order valence-corrected chi connectivity index (χ1v) is 14.0. The third-order valence-electron chi connectivity index (χ3n) is 7.92. The third kappa shape index (κ3) is 5.66. The lowest BCUT2D eigenvalue weighted by molar-refractivity contribution is -0.142. The predicted octanol–water partition coefficient (Wildman–Crippen LogP) is 4.03. The summed E-state index contributed by atoms with van der Waals surface area (Å²) in [4.78, 5) is 51.3. The quantitative estimate of drug-likeness (QED) is 0.325. The van der Waals surface area contributed by atoms with E-state index in [4.69, 9.17) is 4.99 Å². The van der Waals surface area contributed by atoms with Gasteiger partial charge in [-0.25, -0.2) is 4.79 Å². The maximum Gasteiger partial charge on any atom is 0.328 e. The van der Waals surface area contributed by atoms with Crippen LogP contribution in [0.5, 0.6) is 0 Å². The van der Waals surface area contributed by atoms with E-state index in [0.29, 0.717) is 24.1 Å². The zero-order valence-electron chi connectivity index (χ0n) is 22.8. The van der Waals surface area contributed by atoms with Gasteiger partial charge >= 0.3 is 12.0 Å². The van der Waals surface area contributed by atoms with Gasteiger partial charge in [-0.2, -0.15) is 0 Å². The van der Waals surface area contributed by atoms with Crippen LogP contribution in [0.2, 0.25) is 0 Å². The fourth-order valence-corrected chi connectivity index (χ4v) is 6.15. The van der Waals surface area contributed by atoms with E-state index >= 15 is 0 Å². The molecule has 3 heterocycles. The molecule has 3 aliphatic heterocycles. The number of guanidine groups is 1. The molecule has 0 saturated carbocycles. The Morgan fingerprint density at radius 3 is 2.05 bits per heavy atom. The number of amides is 3. The molecule has 0 spiro atoms. The third-order valence-corrected chi connectivity index (χ3v) is 7.92. The van der Waals surface area contributed by atoms with Gasteiger partial charge in [0.05, 0.1) is 0 Å². The molecule has 1 N–H and O–H groups in total. The number of carboxylic acids is 1. The number of imide groups is 1. The number of nitrogens with zero attached hydrogens (tertiary/aromatic N) is 5. The predicted molar refractivity (Wildman–Crippen MR) is 156 cm³/mol. The summed E-state index contributed by atoms with van der Waals surface area (Å²) >= 11 is 0. The molecule has 9 nitrogen and oxygen atoms in total. The van der Waals surface area contributed by atoms with Crippen molar-refractivity contribution in [1.29, 1.82) is 0 Å². The minimum Gasteiger partial charge on any atom is -0.480 e. The smallest absolute Gasteiger partial charge is 0.328 e. The van der Waals surface area contributed by atoms with E-state index in [1.807, 2.05) is 60.7 Å². The standard InChI is InChI=1S/C30H37N5O4.ClH/c36-26(37)23-34-27(38)30(24-13-5-3-6-14-24,25-15-7-4-8-16-25)35(29(34)39)22-10-2-1-9-18-32-20-12-21-33-19-11-17-31-28(32)33;/h3-8,13-16H,1-2,9-12,17-23H2,(H,36,37);1H. The Morgan fingerprint density at radius 1 is 0.825 bits per heavy atom. The molecule has 0 atom stereocenters. The maximum atomic E-state index is 14.0. The first-order valence-electron chi connectivity index (χ1n) is 14.0. The molecule has 2 aromatic carbocycles. The van der Waals surface area contributed by atoms with Crippen LogP contribution in [-0.2, 0) is 15.1 Å². The van der Waals surface area contributed by atoms with E-state index < -0.39 is 30.0 Å². The fraction of sp³-hybridized carbons (Fsp3) is 0.467. The van der Waals surface area contributed by atoms with E-state index in [9.17, 15) is 19.5 Å². The summed E-state index contributed by atoms with van der Waals surface area (Å²) in [6.45, 7) is 4.83. The lowest BCUT2D eigenvalue weighted by Crippen LogP contribution is -2.52. The molecular formula is C30H38ClN5O4. The highest BCUT2D eigenvalue weighted by Crippen LogP contribution is 2.43. The SMILES string of the molecule is Cl.O=C(O)CN1C(=O)N(CCCCCCN2CCCN3CCCN=C23)C(c2ccccc2)(c2ccccc2)C1=O. The number of carboxylic acid groups (broad SMARTS) is 1. The molecule has 0 radical (unpaired) electrons. The minimum absolute atomic E-state index is 0. The van der Waals surface area contributed by atoms with E-state index in [1.54, 1.807) is 4.90 Å². The molecule has 0 bridgehead atoms. The van der Waals surface area contributed by atoms with E-state index in [1.165, 1.54) is 0 Å². The van der Waals surface area contributed by atoms with Gasteiger partial charge in [-0.1, -0.05) is 73.5 Å². The summed E-state index contributed by atoms with van der Waals surface area (Å²) in [6.07, 6.45) is 5.95. The van der Waals surface area contributed by atoms with Gasteiger partial charge in [-0.15, -0.1) is 12.4 Å². The minimum atomic E-state index is -1.40. The zero-order valence-corrected chi connectivity index (χ0v) is 23.6. The van der Waals surface area contributed by atoms with Crippen molar-refractivity contribution < 1.29 is 19.5 Å². The van der Waals surface area contributed by atoms with Crippen LogP contribution in [0, 0.1) is 0 Å². The van der Waals surface area contributed by atoms with Gasteiger partial charge in [0.1, 0.15) is 6.54 Å². The normalized spacial score (nSPS) is 18.4. The van der Waals surface area contributed by atoms with Crippen LogP contribution in [0.15, 0.2) is 65.7 Å². The van der Waals surface area contributed by atoms with Gasteiger partial charge in [0.25, 0.3) is 5.91 Å². The van der Waals surface area contributed by atoms with Gasteiger partial charge in [-0.3, -0.25) is 19.5 Å². The second-order valence-electron chi connectivity index (χ2n) is 10.4. The topological polar surface area (TPSA) is 96.8 Å². The maximum absolute atomic E-state index is 14.0. The summed E-state index contributed by atoms with van der Waals surface area (Å²) in [6, 6.07) is 17.9. The number of urea groups is 1. The Labute approximate surface area is 241 Å². The summed E-state index contributed by atoms with van der Waals surface area (Å²) in [5.41, 5.74) is -0.0819. The van der Waals surface area contributed by atoms with E-state index in [-0.39, 0.29) is 12.4 Å². The van der Waals surface area contributed by atoms with E-state index in [0.717, 1.165) is 75.7 Å². The largest absolute Gasteiger partial charge is 0.480 e. The first kappa shape index (κ1) is 29.4. The molecular weight excluding hydrogens is 530 g/mol. The van der Waals surface area contributed by atoms with Crippen molar-refractivity contribution in [2.24, 2.45) is 4.99 Å². The average Bonchev–Trinajstić information content (AvgIpc) is 3.17. The number of carbonyl (C=O) groups excluding carboxylic acids is 2. The summed E-state index contributed by atoms with van der Waals surface area (Å²) in [7, 11) is 0. The Balaban J connectivity index is 0.00000370. The highest BCUT2D eigenvalue weighted by atomic mass is 35.5. The highest BCUT2D eigenvalue weighted by molar-refractivity contribution is 6.11. The van der Waals surface area contributed by atoms with Crippen LogP contribution >= 0.6 is 12.4 Å². The van der Waals surface area contributed by atoms with Crippen LogP contribution in [-0.4, -0.2) is 94.4 Å².